The summed E-state index contributed by atoms with van der Waals surface area (Å²) in [5.41, 5.74) is 2.13. The van der Waals surface area contributed by atoms with Crippen LogP contribution in [-0.2, 0) is 22.4 Å². The number of carbonyl (C=O) groups excluding carboxylic acids is 2. The molecule has 9 nitrogen and oxygen atoms in total. The molecule has 1 N–H and O–H groups in total. The first-order valence-corrected chi connectivity index (χ1v) is 12.5. The van der Waals surface area contributed by atoms with E-state index >= 15 is 0 Å². The van der Waals surface area contributed by atoms with Crippen LogP contribution in [0.5, 0.6) is 11.5 Å². The second kappa shape index (κ2) is 10.9. The number of ether oxygens (including phenoxy) is 3. The normalized spacial score (nSPS) is 13.0. The fourth-order valence-corrected chi connectivity index (χ4v) is 5.61. The van der Waals surface area contributed by atoms with Crippen LogP contribution in [0.4, 0.5) is 5.00 Å². The average molecular weight is 504 g/mol. The Kier molecular flexibility index (Phi) is 7.73. The average Bonchev–Trinajstić information content (AvgIpc) is 3.39. The summed E-state index contributed by atoms with van der Waals surface area (Å²) in [4.78, 5) is 26.3. The Morgan fingerprint density at radius 3 is 2.50 bits per heavy atom. The van der Waals surface area contributed by atoms with Crippen molar-refractivity contribution in [1.29, 1.82) is 0 Å². The number of methoxy groups -OCH3 is 3. The molecule has 0 saturated carbocycles. The Hall–Kier alpha value is -3.05. The zero-order valence-electron chi connectivity index (χ0n) is 19.1. The quantitative estimate of drug-likeness (QED) is 0.268. The summed E-state index contributed by atoms with van der Waals surface area (Å²) < 4.78 is 21.2. The minimum Gasteiger partial charge on any atom is -0.497 e. The van der Waals surface area contributed by atoms with Gasteiger partial charge in [0, 0.05) is 16.5 Å². The van der Waals surface area contributed by atoms with Crippen molar-refractivity contribution >= 4 is 40.0 Å². The number of nitrogens with one attached hydrogen (secondary N) is 1. The Balaban J connectivity index is 1.44. The maximum absolute atomic E-state index is 12.7. The van der Waals surface area contributed by atoms with Crippen molar-refractivity contribution in [2.24, 2.45) is 0 Å². The lowest BCUT2D eigenvalue weighted by Gasteiger charge is -2.07. The standard InChI is InChI=1S/C23H25N3O6S2/c1-29-14-9-13(10-15(11-14)30-2)20-25-26-23(32-20)33-12-18(27)24-21-19(22(28)31-3)16-7-5-4-6-8-17(16)34-21/h9-11H,4-8,12H2,1-3H3,(H,24,27). The highest BCUT2D eigenvalue weighted by Crippen LogP contribution is 2.38. The molecule has 0 bridgehead atoms. The van der Waals surface area contributed by atoms with E-state index in [1.807, 2.05) is 0 Å². The number of thioether (sulfide) groups is 1. The SMILES string of the molecule is COC(=O)c1c(NC(=O)CSc2nnc(-c3cc(OC)cc(OC)c3)o2)sc2c1CCCCC2. The number of aromatic nitrogens is 2. The van der Waals surface area contributed by atoms with Crippen LogP contribution in [0.15, 0.2) is 27.8 Å². The van der Waals surface area contributed by atoms with Gasteiger partial charge in [-0.15, -0.1) is 21.5 Å². The molecule has 1 aliphatic rings. The van der Waals surface area contributed by atoms with Crippen LogP contribution in [0, 0.1) is 0 Å². The number of carbonyl (C=O) groups is 2. The van der Waals surface area contributed by atoms with Crippen LogP contribution in [0.3, 0.4) is 0 Å². The van der Waals surface area contributed by atoms with Crippen molar-refractivity contribution in [1.82, 2.24) is 10.2 Å². The molecule has 4 rings (SSSR count). The molecule has 34 heavy (non-hydrogen) atoms. The summed E-state index contributed by atoms with van der Waals surface area (Å²) in [5.74, 6) is 0.836. The molecule has 2 aromatic heterocycles. The molecular weight excluding hydrogens is 478 g/mol. The van der Waals surface area contributed by atoms with Gasteiger partial charge in [-0.3, -0.25) is 4.79 Å². The van der Waals surface area contributed by atoms with Crippen LogP contribution >= 0.6 is 23.1 Å². The fourth-order valence-electron chi connectivity index (χ4n) is 3.75. The number of thiophene rings is 1. The molecule has 0 saturated heterocycles. The minimum absolute atomic E-state index is 0.0479. The monoisotopic (exact) mass is 503 g/mol. The first-order valence-electron chi connectivity index (χ1n) is 10.7. The second-order valence-corrected chi connectivity index (χ2v) is 9.60. The van der Waals surface area contributed by atoms with E-state index in [4.69, 9.17) is 18.6 Å². The van der Waals surface area contributed by atoms with E-state index in [2.05, 4.69) is 15.5 Å². The van der Waals surface area contributed by atoms with Gasteiger partial charge in [0.15, 0.2) is 0 Å². The van der Waals surface area contributed by atoms with Gasteiger partial charge in [-0.05, 0) is 43.4 Å². The van der Waals surface area contributed by atoms with E-state index < -0.39 is 5.97 Å². The largest absolute Gasteiger partial charge is 0.497 e. The molecule has 11 heteroatoms. The third kappa shape index (κ3) is 5.36. The Labute approximate surface area is 205 Å². The summed E-state index contributed by atoms with van der Waals surface area (Å²) in [6, 6.07) is 5.26. The number of rotatable bonds is 8. The number of hydrogen-bond acceptors (Lipinski definition) is 10. The zero-order valence-corrected chi connectivity index (χ0v) is 20.8. The number of fused-ring (bicyclic) bond motifs is 1. The summed E-state index contributed by atoms with van der Waals surface area (Å²) in [6.07, 6.45) is 4.97. The summed E-state index contributed by atoms with van der Waals surface area (Å²) >= 11 is 2.58. The molecule has 0 fully saturated rings. The molecule has 180 valence electrons. The van der Waals surface area contributed by atoms with Crippen molar-refractivity contribution in [2.45, 2.75) is 37.3 Å². The highest BCUT2D eigenvalue weighted by atomic mass is 32.2. The molecule has 3 aromatic rings. The van der Waals surface area contributed by atoms with E-state index in [-0.39, 0.29) is 22.8 Å². The summed E-state index contributed by atoms with van der Waals surface area (Å²) in [7, 11) is 4.47. The van der Waals surface area contributed by atoms with Crippen molar-refractivity contribution in [2.75, 3.05) is 32.4 Å². The van der Waals surface area contributed by atoms with Gasteiger partial charge >= 0.3 is 5.97 Å². The lowest BCUT2D eigenvalue weighted by atomic mass is 10.1. The van der Waals surface area contributed by atoms with Crippen molar-refractivity contribution < 1.29 is 28.2 Å². The van der Waals surface area contributed by atoms with Crippen molar-refractivity contribution in [3.8, 4) is 23.0 Å². The number of aryl methyl sites for hydroxylation is 1. The van der Waals surface area contributed by atoms with Crippen molar-refractivity contribution in [3.63, 3.8) is 0 Å². The van der Waals surface area contributed by atoms with Crippen molar-refractivity contribution in [3.05, 3.63) is 34.2 Å². The maximum Gasteiger partial charge on any atom is 0.341 e. The smallest absolute Gasteiger partial charge is 0.341 e. The van der Waals surface area contributed by atoms with Crippen LogP contribution in [0.1, 0.15) is 40.1 Å². The Morgan fingerprint density at radius 2 is 1.79 bits per heavy atom. The maximum atomic E-state index is 12.7. The number of anilines is 1. The van der Waals surface area contributed by atoms with Gasteiger partial charge in [0.1, 0.15) is 16.5 Å². The molecule has 1 aromatic carbocycles. The lowest BCUT2D eigenvalue weighted by molar-refractivity contribution is -0.113. The van der Waals surface area contributed by atoms with Gasteiger partial charge in [0.05, 0.1) is 32.6 Å². The molecule has 1 aliphatic carbocycles. The summed E-state index contributed by atoms with van der Waals surface area (Å²) in [5, 5.41) is 11.7. The zero-order chi connectivity index (χ0) is 24.1. The molecule has 0 aliphatic heterocycles. The molecule has 1 amide bonds. The number of hydrogen-bond donors (Lipinski definition) is 1. The number of esters is 1. The third-order valence-corrected chi connectivity index (χ3v) is 7.42. The van der Waals surface area contributed by atoms with Crippen LogP contribution in [0.25, 0.3) is 11.5 Å². The summed E-state index contributed by atoms with van der Waals surface area (Å²) in [6.45, 7) is 0. The van der Waals surface area contributed by atoms with Gasteiger partial charge in [-0.2, -0.15) is 0 Å². The third-order valence-electron chi connectivity index (χ3n) is 5.40. The number of amides is 1. The second-order valence-electron chi connectivity index (χ2n) is 7.57. The van der Waals surface area contributed by atoms with Crippen LogP contribution < -0.4 is 14.8 Å². The predicted molar refractivity (Wildman–Crippen MR) is 129 cm³/mol. The first-order chi connectivity index (χ1) is 16.5. The van der Waals surface area contributed by atoms with E-state index in [0.717, 1.165) is 54.3 Å². The molecule has 0 atom stereocenters. The fraction of sp³-hybridized carbons (Fsp3) is 0.391. The molecule has 0 spiro atoms. The Bertz CT molecular complexity index is 1170. The molecular formula is C23H25N3O6S2. The van der Waals surface area contributed by atoms with Gasteiger partial charge in [0.25, 0.3) is 5.22 Å². The number of nitrogens with zero attached hydrogens (tertiary/aromatic N) is 2. The molecule has 2 heterocycles. The minimum atomic E-state index is -0.419. The highest BCUT2D eigenvalue weighted by Gasteiger charge is 2.26. The van der Waals surface area contributed by atoms with Gasteiger partial charge in [-0.25, -0.2) is 4.79 Å². The van der Waals surface area contributed by atoms with Crippen LogP contribution in [-0.4, -0.2) is 49.2 Å². The van der Waals surface area contributed by atoms with Crippen LogP contribution in [0.2, 0.25) is 0 Å². The molecule has 0 unspecified atom stereocenters. The number of benzene rings is 1. The van der Waals surface area contributed by atoms with E-state index in [1.54, 1.807) is 32.4 Å². The highest BCUT2D eigenvalue weighted by molar-refractivity contribution is 7.99. The van der Waals surface area contributed by atoms with Gasteiger partial charge in [-0.1, -0.05) is 18.2 Å². The topological polar surface area (TPSA) is 113 Å². The van der Waals surface area contributed by atoms with E-state index in [9.17, 15) is 9.59 Å². The Morgan fingerprint density at radius 1 is 1.06 bits per heavy atom. The first kappa shape index (κ1) is 24.1. The van der Waals surface area contributed by atoms with Gasteiger partial charge < -0.3 is 23.9 Å². The van der Waals surface area contributed by atoms with Gasteiger partial charge in [0.2, 0.25) is 11.8 Å². The van der Waals surface area contributed by atoms with E-state index in [0.29, 0.717) is 27.6 Å². The lowest BCUT2D eigenvalue weighted by Crippen LogP contribution is -2.16. The predicted octanol–water partition coefficient (Wildman–Crippen LogP) is 4.60. The van der Waals surface area contributed by atoms with E-state index in [1.165, 1.54) is 18.4 Å². The molecule has 0 radical (unpaired) electrons.